The molecule has 2 rings (SSSR count). The smallest absolute Gasteiger partial charge is 0.129 e. The zero-order valence-corrected chi connectivity index (χ0v) is 13.7. The molecule has 0 unspecified atom stereocenters. The molecular weight excluding hydrogens is 387 g/mol. The first-order valence-electron chi connectivity index (χ1n) is 4.87. The van der Waals surface area contributed by atoms with Gasteiger partial charge in [0.1, 0.15) is 5.15 Å². The van der Waals surface area contributed by atoms with E-state index in [1.54, 1.807) is 17.4 Å². The number of halogens is 3. The van der Waals surface area contributed by atoms with Crippen LogP contribution >= 0.6 is 54.8 Å². The minimum absolute atomic E-state index is 0.523. The summed E-state index contributed by atoms with van der Waals surface area (Å²) in [5, 5.41) is 3.87. The number of rotatable bonds is 3. The zero-order chi connectivity index (χ0) is 12.4. The van der Waals surface area contributed by atoms with Crippen LogP contribution in [0.5, 0.6) is 0 Å². The molecule has 0 spiro atoms. The number of anilines is 1. The van der Waals surface area contributed by atoms with Gasteiger partial charge in [-0.2, -0.15) is 0 Å². The molecular formula is C11H9Br2ClN2S. The fourth-order valence-corrected chi connectivity index (χ4v) is 3.68. The van der Waals surface area contributed by atoms with Crippen LogP contribution < -0.4 is 5.32 Å². The Morgan fingerprint density at radius 2 is 2.18 bits per heavy atom. The first-order chi connectivity index (χ1) is 8.06. The van der Waals surface area contributed by atoms with Crippen molar-refractivity contribution in [3.8, 4) is 0 Å². The van der Waals surface area contributed by atoms with Crippen LogP contribution in [0.4, 0.5) is 5.69 Å². The molecule has 0 aromatic carbocycles. The van der Waals surface area contributed by atoms with E-state index in [2.05, 4.69) is 48.2 Å². The Morgan fingerprint density at radius 1 is 1.41 bits per heavy atom. The van der Waals surface area contributed by atoms with Gasteiger partial charge in [-0.1, -0.05) is 11.6 Å². The lowest BCUT2D eigenvalue weighted by atomic mass is 10.3. The molecule has 6 heteroatoms. The van der Waals surface area contributed by atoms with E-state index in [9.17, 15) is 0 Å². The highest BCUT2D eigenvalue weighted by Gasteiger charge is 2.05. The van der Waals surface area contributed by atoms with Crippen LogP contribution in [-0.2, 0) is 6.54 Å². The summed E-state index contributed by atoms with van der Waals surface area (Å²) in [5.74, 6) is 0. The van der Waals surface area contributed by atoms with Crippen LogP contribution in [0.25, 0.3) is 0 Å². The standard InChI is InChI=1S/C11H9Br2ClN2S/c1-6-9(2-3-10(14)16-6)15-5-7-4-8(12)11(13)17-7/h2-4,15H,5H2,1H3. The quantitative estimate of drug-likeness (QED) is 0.718. The number of thiophene rings is 1. The topological polar surface area (TPSA) is 24.9 Å². The van der Waals surface area contributed by atoms with Crippen molar-refractivity contribution in [2.45, 2.75) is 13.5 Å². The highest BCUT2D eigenvalue weighted by atomic mass is 79.9. The van der Waals surface area contributed by atoms with Crippen LogP contribution in [0.3, 0.4) is 0 Å². The second kappa shape index (κ2) is 5.69. The summed E-state index contributed by atoms with van der Waals surface area (Å²) in [6.07, 6.45) is 0. The van der Waals surface area contributed by atoms with E-state index < -0.39 is 0 Å². The number of hydrogen-bond donors (Lipinski definition) is 1. The zero-order valence-electron chi connectivity index (χ0n) is 8.93. The number of aromatic nitrogens is 1. The van der Waals surface area contributed by atoms with Gasteiger partial charge >= 0.3 is 0 Å². The van der Waals surface area contributed by atoms with Gasteiger partial charge in [-0.15, -0.1) is 11.3 Å². The van der Waals surface area contributed by atoms with Gasteiger partial charge in [-0.25, -0.2) is 4.98 Å². The first-order valence-corrected chi connectivity index (χ1v) is 7.65. The fraction of sp³-hybridized carbons (Fsp3) is 0.182. The Bertz CT molecular complexity index is 523. The monoisotopic (exact) mass is 394 g/mol. The molecule has 0 atom stereocenters. The molecule has 0 amide bonds. The molecule has 0 aliphatic rings. The molecule has 0 saturated heterocycles. The van der Waals surface area contributed by atoms with Crippen LogP contribution in [0.15, 0.2) is 26.5 Å². The Morgan fingerprint density at radius 3 is 2.76 bits per heavy atom. The van der Waals surface area contributed by atoms with Crippen LogP contribution in [0.1, 0.15) is 10.6 Å². The van der Waals surface area contributed by atoms with E-state index in [1.165, 1.54) is 4.88 Å². The van der Waals surface area contributed by atoms with Crippen molar-refractivity contribution in [2.75, 3.05) is 5.32 Å². The SMILES string of the molecule is Cc1nc(Cl)ccc1NCc1cc(Br)c(Br)s1. The average Bonchev–Trinajstić information content (AvgIpc) is 2.57. The molecule has 1 N–H and O–H groups in total. The van der Waals surface area contributed by atoms with Gasteiger partial charge in [0.25, 0.3) is 0 Å². The van der Waals surface area contributed by atoms with E-state index in [-0.39, 0.29) is 0 Å². The summed E-state index contributed by atoms with van der Waals surface area (Å²) in [6, 6.07) is 5.83. The van der Waals surface area contributed by atoms with Crippen molar-refractivity contribution in [3.63, 3.8) is 0 Å². The second-order valence-electron chi connectivity index (χ2n) is 3.45. The molecule has 2 nitrogen and oxygen atoms in total. The summed E-state index contributed by atoms with van der Waals surface area (Å²) in [6.45, 7) is 2.72. The van der Waals surface area contributed by atoms with Crippen LogP contribution in [0.2, 0.25) is 5.15 Å². The molecule has 0 radical (unpaired) electrons. The summed E-state index contributed by atoms with van der Waals surface area (Å²) >= 11 is 14.5. The van der Waals surface area contributed by atoms with E-state index in [0.29, 0.717) is 5.15 Å². The Labute approximate surface area is 126 Å². The van der Waals surface area contributed by atoms with Crippen molar-refractivity contribution in [1.29, 1.82) is 0 Å². The third-order valence-corrected chi connectivity index (χ3v) is 5.67. The molecule has 0 aliphatic carbocycles. The molecule has 0 fully saturated rings. The highest BCUT2D eigenvalue weighted by Crippen LogP contribution is 2.32. The molecule has 0 bridgehead atoms. The number of aryl methyl sites for hydroxylation is 1. The normalized spacial score (nSPS) is 10.6. The molecule has 17 heavy (non-hydrogen) atoms. The van der Waals surface area contributed by atoms with Crippen molar-refractivity contribution < 1.29 is 0 Å². The molecule has 0 saturated carbocycles. The predicted molar refractivity (Wildman–Crippen MR) is 81.0 cm³/mol. The molecule has 2 aromatic rings. The van der Waals surface area contributed by atoms with Gasteiger partial charge in [-0.05, 0) is 57.0 Å². The fourth-order valence-electron chi connectivity index (χ4n) is 1.38. The minimum atomic E-state index is 0.523. The van der Waals surface area contributed by atoms with E-state index in [0.717, 1.165) is 26.2 Å². The Hall–Kier alpha value is -0.1000. The average molecular weight is 397 g/mol. The lowest BCUT2D eigenvalue weighted by Crippen LogP contribution is -2.00. The lowest BCUT2D eigenvalue weighted by molar-refractivity contribution is 1.13. The molecule has 2 aromatic heterocycles. The summed E-state index contributed by atoms with van der Waals surface area (Å²) in [5.41, 5.74) is 1.92. The van der Waals surface area contributed by atoms with E-state index >= 15 is 0 Å². The molecule has 2 heterocycles. The molecule has 0 aliphatic heterocycles. The highest BCUT2D eigenvalue weighted by molar-refractivity contribution is 9.13. The van der Waals surface area contributed by atoms with Gasteiger partial charge in [-0.3, -0.25) is 0 Å². The van der Waals surface area contributed by atoms with Gasteiger partial charge < -0.3 is 5.32 Å². The first kappa shape index (κ1) is 13.3. The Balaban J connectivity index is 2.07. The van der Waals surface area contributed by atoms with Gasteiger partial charge in [0, 0.05) is 15.9 Å². The van der Waals surface area contributed by atoms with Crippen molar-refractivity contribution in [2.24, 2.45) is 0 Å². The number of hydrogen-bond acceptors (Lipinski definition) is 3. The largest absolute Gasteiger partial charge is 0.379 e. The Kier molecular flexibility index (Phi) is 4.47. The second-order valence-corrected chi connectivity index (χ2v) is 7.15. The summed E-state index contributed by atoms with van der Waals surface area (Å²) in [4.78, 5) is 5.44. The lowest BCUT2D eigenvalue weighted by Gasteiger charge is -2.07. The minimum Gasteiger partial charge on any atom is -0.379 e. The predicted octanol–water partition coefficient (Wildman–Crippen LogP) is 5.24. The van der Waals surface area contributed by atoms with Crippen molar-refractivity contribution in [1.82, 2.24) is 4.98 Å². The van der Waals surface area contributed by atoms with Crippen molar-refractivity contribution >= 4 is 60.5 Å². The van der Waals surface area contributed by atoms with Gasteiger partial charge in [0.05, 0.1) is 15.2 Å². The molecule has 90 valence electrons. The number of nitrogens with zero attached hydrogens (tertiary/aromatic N) is 1. The summed E-state index contributed by atoms with van der Waals surface area (Å²) in [7, 11) is 0. The van der Waals surface area contributed by atoms with Gasteiger partial charge in [0.2, 0.25) is 0 Å². The van der Waals surface area contributed by atoms with Crippen molar-refractivity contribution in [3.05, 3.63) is 42.2 Å². The van der Waals surface area contributed by atoms with Crippen LogP contribution in [-0.4, -0.2) is 4.98 Å². The van der Waals surface area contributed by atoms with E-state index in [4.69, 9.17) is 11.6 Å². The maximum Gasteiger partial charge on any atom is 0.129 e. The van der Waals surface area contributed by atoms with E-state index in [1.807, 2.05) is 13.0 Å². The number of pyridine rings is 1. The summed E-state index contributed by atoms with van der Waals surface area (Å²) < 4.78 is 2.20. The third kappa shape index (κ3) is 3.44. The third-order valence-electron chi connectivity index (χ3n) is 2.20. The number of nitrogens with one attached hydrogen (secondary N) is 1. The van der Waals surface area contributed by atoms with Gasteiger partial charge in [0.15, 0.2) is 0 Å². The maximum absolute atomic E-state index is 5.81. The van der Waals surface area contributed by atoms with Crippen LogP contribution in [0, 0.1) is 6.92 Å². The maximum atomic E-state index is 5.81.